The highest BCUT2D eigenvalue weighted by atomic mass is 16.2. The lowest BCUT2D eigenvalue weighted by molar-refractivity contribution is -0.141. The fourth-order valence-electron chi connectivity index (χ4n) is 4.20. The predicted octanol–water partition coefficient (Wildman–Crippen LogP) is 0.413. The molecule has 1 unspecified atom stereocenters. The Balaban J connectivity index is 1.51. The van der Waals surface area contributed by atoms with Crippen molar-refractivity contribution < 1.29 is 9.59 Å². The molecule has 1 saturated carbocycles. The van der Waals surface area contributed by atoms with Crippen molar-refractivity contribution in [2.75, 3.05) is 39.3 Å². The van der Waals surface area contributed by atoms with Gasteiger partial charge < -0.3 is 15.5 Å². The van der Waals surface area contributed by atoms with E-state index in [1.54, 1.807) is 0 Å². The number of carbonyl (C=O) groups is 2. The first-order chi connectivity index (χ1) is 11.0. The Morgan fingerprint density at radius 3 is 2.00 bits per heavy atom. The van der Waals surface area contributed by atoms with Gasteiger partial charge in [-0.15, -0.1) is 0 Å². The maximum atomic E-state index is 12.6. The molecular formula is C17H30N4O2. The number of likely N-dealkylation sites (tertiary alicyclic amines) is 1. The highest BCUT2D eigenvalue weighted by molar-refractivity contribution is 5.86. The Morgan fingerprint density at radius 1 is 0.870 bits per heavy atom. The molecule has 0 aromatic rings. The zero-order chi connectivity index (χ0) is 16.4. The molecule has 0 radical (unpaired) electrons. The van der Waals surface area contributed by atoms with Crippen LogP contribution in [0.2, 0.25) is 0 Å². The molecule has 1 aliphatic carbocycles. The zero-order valence-corrected chi connectivity index (χ0v) is 14.3. The average molecular weight is 322 g/mol. The number of nitrogens with two attached hydrogens (primary N) is 1. The molecule has 2 saturated heterocycles. The van der Waals surface area contributed by atoms with Gasteiger partial charge in [0.05, 0.1) is 11.6 Å². The summed E-state index contributed by atoms with van der Waals surface area (Å²) in [4.78, 5) is 31.3. The maximum Gasteiger partial charge on any atom is 0.242 e. The molecule has 0 spiro atoms. The lowest BCUT2D eigenvalue weighted by Gasteiger charge is -2.40. The number of hydrogen-bond donors (Lipinski definition) is 1. The molecule has 3 rings (SSSR count). The van der Waals surface area contributed by atoms with Gasteiger partial charge in [-0.05, 0) is 32.6 Å². The van der Waals surface area contributed by atoms with E-state index in [-0.39, 0.29) is 17.9 Å². The van der Waals surface area contributed by atoms with Gasteiger partial charge in [0, 0.05) is 39.3 Å². The molecule has 130 valence electrons. The van der Waals surface area contributed by atoms with Crippen molar-refractivity contribution in [3.8, 4) is 0 Å². The van der Waals surface area contributed by atoms with E-state index in [4.69, 9.17) is 5.73 Å². The number of nitrogens with zero attached hydrogens (tertiary/aromatic N) is 3. The topological polar surface area (TPSA) is 69.9 Å². The highest BCUT2D eigenvalue weighted by Crippen LogP contribution is 2.29. The fraction of sp³-hybridized carbons (Fsp3) is 0.882. The summed E-state index contributed by atoms with van der Waals surface area (Å²) in [7, 11) is 0. The maximum absolute atomic E-state index is 12.6. The third-order valence-electron chi connectivity index (χ3n) is 5.85. The summed E-state index contributed by atoms with van der Waals surface area (Å²) >= 11 is 0. The second kappa shape index (κ2) is 6.77. The van der Waals surface area contributed by atoms with Crippen molar-refractivity contribution >= 4 is 11.8 Å². The van der Waals surface area contributed by atoms with E-state index >= 15 is 0 Å². The molecule has 6 nitrogen and oxygen atoms in total. The van der Waals surface area contributed by atoms with Gasteiger partial charge in [0.1, 0.15) is 0 Å². The van der Waals surface area contributed by atoms with E-state index < -0.39 is 5.54 Å². The van der Waals surface area contributed by atoms with Crippen LogP contribution in [0.5, 0.6) is 0 Å². The fourth-order valence-corrected chi connectivity index (χ4v) is 4.20. The van der Waals surface area contributed by atoms with Crippen molar-refractivity contribution in [3.05, 3.63) is 0 Å². The number of hydrogen-bond acceptors (Lipinski definition) is 4. The van der Waals surface area contributed by atoms with E-state index in [0.717, 1.165) is 64.7 Å². The standard InChI is InChI=1S/C17H30N4O2/c1-14(15(22)20-8-4-5-9-20)19-10-12-21(13-11-19)16(23)17(18)6-2-3-7-17/h14H,2-13,18H2,1H3. The smallest absolute Gasteiger partial charge is 0.242 e. The molecule has 2 heterocycles. The number of amides is 2. The molecule has 2 aliphatic heterocycles. The van der Waals surface area contributed by atoms with E-state index in [1.807, 2.05) is 16.7 Å². The van der Waals surface area contributed by atoms with E-state index in [2.05, 4.69) is 4.90 Å². The molecule has 1 atom stereocenters. The normalized spacial score (nSPS) is 26.5. The molecule has 6 heteroatoms. The van der Waals surface area contributed by atoms with E-state index in [1.165, 1.54) is 0 Å². The van der Waals surface area contributed by atoms with Crippen LogP contribution in [0.25, 0.3) is 0 Å². The van der Waals surface area contributed by atoms with Crippen LogP contribution in [0, 0.1) is 0 Å². The summed E-state index contributed by atoms with van der Waals surface area (Å²) in [6, 6.07) is -0.0799. The SMILES string of the molecule is CC(C(=O)N1CCCC1)N1CCN(C(=O)C2(N)CCCC2)CC1. The van der Waals surface area contributed by atoms with Crippen LogP contribution < -0.4 is 5.73 Å². The van der Waals surface area contributed by atoms with Gasteiger partial charge in [0.15, 0.2) is 0 Å². The van der Waals surface area contributed by atoms with Gasteiger partial charge >= 0.3 is 0 Å². The third-order valence-corrected chi connectivity index (χ3v) is 5.85. The van der Waals surface area contributed by atoms with Crippen LogP contribution in [-0.2, 0) is 9.59 Å². The monoisotopic (exact) mass is 322 g/mol. The van der Waals surface area contributed by atoms with Crippen molar-refractivity contribution in [1.82, 2.24) is 14.7 Å². The second-order valence-corrected chi connectivity index (χ2v) is 7.40. The Labute approximate surface area is 139 Å². The first-order valence-electron chi connectivity index (χ1n) is 9.12. The van der Waals surface area contributed by atoms with Crippen molar-refractivity contribution in [1.29, 1.82) is 0 Å². The molecule has 0 aromatic heterocycles. The van der Waals surface area contributed by atoms with Crippen LogP contribution in [0.3, 0.4) is 0 Å². The Kier molecular flexibility index (Phi) is 4.92. The summed E-state index contributed by atoms with van der Waals surface area (Å²) < 4.78 is 0. The van der Waals surface area contributed by atoms with E-state index in [0.29, 0.717) is 13.1 Å². The van der Waals surface area contributed by atoms with Crippen LogP contribution in [0.4, 0.5) is 0 Å². The number of carbonyl (C=O) groups excluding carboxylic acids is 2. The molecular weight excluding hydrogens is 292 g/mol. The zero-order valence-electron chi connectivity index (χ0n) is 14.3. The van der Waals surface area contributed by atoms with Gasteiger partial charge in [-0.2, -0.15) is 0 Å². The first kappa shape index (κ1) is 16.7. The average Bonchev–Trinajstić information content (AvgIpc) is 3.25. The number of rotatable bonds is 3. The van der Waals surface area contributed by atoms with Crippen LogP contribution in [-0.4, -0.2) is 77.4 Å². The highest BCUT2D eigenvalue weighted by Gasteiger charge is 2.41. The molecule has 2 N–H and O–H groups in total. The minimum atomic E-state index is -0.626. The minimum Gasteiger partial charge on any atom is -0.341 e. The van der Waals surface area contributed by atoms with Crippen LogP contribution in [0.1, 0.15) is 45.4 Å². The second-order valence-electron chi connectivity index (χ2n) is 7.40. The Bertz CT molecular complexity index is 448. The molecule has 0 bridgehead atoms. The van der Waals surface area contributed by atoms with Crippen LogP contribution in [0.15, 0.2) is 0 Å². The molecule has 3 aliphatic rings. The van der Waals surface area contributed by atoms with Crippen molar-refractivity contribution in [2.45, 2.75) is 57.0 Å². The lowest BCUT2D eigenvalue weighted by Crippen LogP contribution is -2.60. The Hall–Kier alpha value is -1.14. The van der Waals surface area contributed by atoms with Gasteiger partial charge in [-0.3, -0.25) is 14.5 Å². The van der Waals surface area contributed by atoms with E-state index in [9.17, 15) is 9.59 Å². The minimum absolute atomic E-state index is 0.0799. The van der Waals surface area contributed by atoms with Gasteiger partial charge in [0.25, 0.3) is 0 Å². The lowest BCUT2D eigenvalue weighted by atomic mass is 9.96. The summed E-state index contributed by atoms with van der Waals surface area (Å²) in [5.74, 6) is 0.363. The largest absolute Gasteiger partial charge is 0.341 e. The molecule has 0 aromatic carbocycles. The molecule has 3 fully saturated rings. The molecule has 23 heavy (non-hydrogen) atoms. The van der Waals surface area contributed by atoms with Gasteiger partial charge in [-0.25, -0.2) is 0 Å². The quantitative estimate of drug-likeness (QED) is 0.817. The van der Waals surface area contributed by atoms with Crippen molar-refractivity contribution in [3.63, 3.8) is 0 Å². The molecule has 2 amide bonds. The van der Waals surface area contributed by atoms with Gasteiger partial charge in [0.2, 0.25) is 11.8 Å². The summed E-state index contributed by atoms with van der Waals surface area (Å²) in [6.45, 7) is 6.71. The van der Waals surface area contributed by atoms with Gasteiger partial charge in [-0.1, -0.05) is 12.8 Å². The predicted molar refractivity (Wildman–Crippen MR) is 88.8 cm³/mol. The Morgan fingerprint density at radius 2 is 1.43 bits per heavy atom. The third kappa shape index (κ3) is 3.38. The van der Waals surface area contributed by atoms with Crippen molar-refractivity contribution in [2.24, 2.45) is 5.73 Å². The summed E-state index contributed by atoms with van der Waals surface area (Å²) in [6.07, 6.45) is 6.00. The number of piperazine rings is 1. The summed E-state index contributed by atoms with van der Waals surface area (Å²) in [5.41, 5.74) is 5.67. The summed E-state index contributed by atoms with van der Waals surface area (Å²) in [5, 5.41) is 0. The first-order valence-corrected chi connectivity index (χ1v) is 9.12. The van der Waals surface area contributed by atoms with Crippen LogP contribution >= 0.6 is 0 Å².